The number of rotatable bonds is 1. The molecule has 0 unspecified atom stereocenters. The Hall–Kier alpha value is -1.77. The van der Waals surface area contributed by atoms with E-state index in [2.05, 4.69) is 0 Å². The van der Waals surface area contributed by atoms with E-state index in [0.717, 1.165) is 5.39 Å². The van der Waals surface area contributed by atoms with Crippen LogP contribution in [0.4, 0.5) is 0 Å². The molecule has 66 valence electrons. The summed E-state index contributed by atoms with van der Waals surface area (Å²) in [6, 6.07) is 5.07. The monoisotopic (exact) mass is 176 g/mol. The molecule has 0 fully saturated rings. The third-order valence-corrected chi connectivity index (χ3v) is 1.97. The molecular formula is C10H8O3. The second-order valence-electron chi connectivity index (χ2n) is 2.86. The number of hydrogen-bond acceptors (Lipinski definition) is 3. The zero-order valence-corrected chi connectivity index (χ0v) is 7.07. The molecule has 0 aliphatic heterocycles. The molecule has 0 aliphatic carbocycles. The third-order valence-electron chi connectivity index (χ3n) is 1.97. The number of furan rings is 1. The lowest BCUT2D eigenvalue weighted by Gasteiger charge is -1.99. The highest BCUT2D eigenvalue weighted by molar-refractivity contribution is 6.01. The van der Waals surface area contributed by atoms with Crippen molar-refractivity contribution in [2.45, 2.75) is 6.92 Å². The smallest absolute Gasteiger partial charge is 0.176 e. The molecule has 2 rings (SSSR count). The van der Waals surface area contributed by atoms with E-state index in [-0.39, 0.29) is 11.5 Å². The van der Waals surface area contributed by atoms with E-state index < -0.39 is 0 Å². The number of ketones is 1. The lowest BCUT2D eigenvalue weighted by atomic mass is 10.1. The van der Waals surface area contributed by atoms with Crippen LogP contribution >= 0.6 is 0 Å². The molecule has 1 heterocycles. The Morgan fingerprint density at radius 1 is 1.38 bits per heavy atom. The molecule has 0 bridgehead atoms. The Kier molecular flexibility index (Phi) is 1.59. The summed E-state index contributed by atoms with van der Waals surface area (Å²) in [5.41, 5.74) is 0.662. The molecular weight excluding hydrogens is 168 g/mol. The van der Waals surface area contributed by atoms with Gasteiger partial charge in [-0.1, -0.05) is 6.07 Å². The van der Waals surface area contributed by atoms with Crippen molar-refractivity contribution < 1.29 is 14.3 Å². The second kappa shape index (κ2) is 2.62. The van der Waals surface area contributed by atoms with Crippen LogP contribution in [0.15, 0.2) is 28.9 Å². The molecule has 1 aromatic carbocycles. The average Bonchev–Trinajstić information content (AvgIpc) is 2.52. The summed E-state index contributed by atoms with van der Waals surface area (Å²) in [4.78, 5) is 11.0. The van der Waals surface area contributed by atoms with Gasteiger partial charge in [0.05, 0.1) is 11.8 Å². The van der Waals surface area contributed by atoms with Gasteiger partial charge in [0.15, 0.2) is 17.1 Å². The Morgan fingerprint density at radius 2 is 2.15 bits per heavy atom. The maximum absolute atomic E-state index is 11.0. The summed E-state index contributed by atoms with van der Waals surface area (Å²) in [5, 5.41) is 10.4. The van der Waals surface area contributed by atoms with Crippen molar-refractivity contribution in [1.82, 2.24) is 0 Å². The van der Waals surface area contributed by atoms with Gasteiger partial charge in [-0.15, -0.1) is 0 Å². The van der Waals surface area contributed by atoms with Gasteiger partial charge in [-0.05, 0) is 19.1 Å². The van der Waals surface area contributed by atoms with E-state index in [4.69, 9.17) is 4.42 Å². The van der Waals surface area contributed by atoms with Crippen LogP contribution in [0.1, 0.15) is 17.3 Å². The van der Waals surface area contributed by atoms with Crippen LogP contribution in [-0.2, 0) is 0 Å². The number of carbonyl (C=O) groups excluding carboxylic acids is 1. The van der Waals surface area contributed by atoms with E-state index in [1.54, 1.807) is 18.2 Å². The lowest BCUT2D eigenvalue weighted by molar-refractivity contribution is 0.101. The number of hydrogen-bond donors (Lipinski definition) is 1. The van der Waals surface area contributed by atoms with Crippen molar-refractivity contribution in [1.29, 1.82) is 0 Å². The minimum atomic E-state index is -0.171. The van der Waals surface area contributed by atoms with Crippen LogP contribution in [-0.4, -0.2) is 10.9 Å². The van der Waals surface area contributed by atoms with E-state index in [0.29, 0.717) is 11.1 Å². The van der Waals surface area contributed by atoms with Crippen LogP contribution in [0.5, 0.6) is 5.75 Å². The molecule has 0 atom stereocenters. The molecule has 0 saturated heterocycles. The highest BCUT2D eigenvalue weighted by Crippen LogP contribution is 2.29. The maximum atomic E-state index is 11.0. The van der Waals surface area contributed by atoms with E-state index in [1.807, 2.05) is 0 Å². The summed E-state index contributed by atoms with van der Waals surface area (Å²) in [5.74, 6) is -0.245. The van der Waals surface area contributed by atoms with Gasteiger partial charge in [-0.3, -0.25) is 4.79 Å². The molecule has 1 N–H and O–H groups in total. The number of aromatic hydroxyl groups is 1. The van der Waals surface area contributed by atoms with Gasteiger partial charge in [0.1, 0.15) is 0 Å². The van der Waals surface area contributed by atoms with Crippen molar-refractivity contribution in [2.75, 3.05) is 0 Å². The number of fused-ring (bicyclic) bond motifs is 1. The SMILES string of the molecule is CC(=O)c1ccc2ccoc2c1O. The Morgan fingerprint density at radius 3 is 2.85 bits per heavy atom. The van der Waals surface area contributed by atoms with E-state index in [1.165, 1.54) is 13.2 Å². The van der Waals surface area contributed by atoms with Gasteiger partial charge in [0.2, 0.25) is 0 Å². The first-order valence-corrected chi connectivity index (χ1v) is 3.90. The maximum Gasteiger partial charge on any atom is 0.176 e. The first-order chi connectivity index (χ1) is 6.20. The van der Waals surface area contributed by atoms with Crippen molar-refractivity contribution in [3.8, 4) is 5.75 Å². The summed E-state index contributed by atoms with van der Waals surface area (Å²) in [6.45, 7) is 1.41. The number of benzene rings is 1. The largest absolute Gasteiger partial charge is 0.504 e. The standard InChI is InChI=1S/C10H8O3/c1-6(11)8-3-2-7-4-5-13-10(7)9(8)12/h2-5,12H,1H3. The van der Waals surface area contributed by atoms with Gasteiger partial charge >= 0.3 is 0 Å². The Balaban J connectivity index is 2.80. The molecule has 0 radical (unpaired) electrons. The van der Waals surface area contributed by atoms with E-state index in [9.17, 15) is 9.90 Å². The van der Waals surface area contributed by atoms with Crippen molar-refractivity contribution >= 4 is 16.8 Å². The Bertz CT molecular complexity index is 468. The number of phenolic OH excluding ortho intramolecular Hbond substituents is 1. The molecule has 0 spiro atoms. The first kappa shape index (κ1) is 7.86. The fraction of sp³-hybridized carbons (Fsp3) is 0.100. The number of carbonyl (C=O) groups is 1. The van der Waals surface area contributed by atoms with E-state index >= 15 is 0 Å². The Labute approximate surface area is 74.6 Å². The van der Waals surface area contributed by atoms with Crippen molar-refractivity contribution in [2.24, 2.45) is 0 Å². The quantitative estimate of drug-likeness (QED) is 0.678. The van der Waals surface area contributed by atoms with Crippen LogP contribution in [0.2, 0.25) is 0 Å². The lowest BCUT2D eigenvalue weighted by Crippen LogP contribution is -1.91. The van der Waals surface area contributed by atoms with Gasteiger partial charge in [0.25, 0.3) is 0 Å². The minimum Gasteiger partial charge on any atom is -0.504 e. The molecule has 0 amide bonds. The molecule has 0 aliphatic rings. The van der Waals surface area contributed by atoms with Gasteiger partial charge < -0.3 is 9.52 Å². The fourth-order valence-corrected chi connectivity index (χ4v) is 1.30. The van der Waals surface area contributed by atoms with Gasteiger partial charge in [0, 0.05) is 5.39 Å². The van der Waals surface area contributed by atoms with Gasteiger partial charge in [-0.25, -0.2) is 0 Å². The first-order valence-electron chi connectivity index (χ1n) is 3.90. The van der Waals surface area contributed by atoms with Crippen LogP contribution in [0, 0.1) is 0 Å². The number of Topliss-reactive ketones (excluding diaryl/α,β-unsaturated/α-hetero) is 1. The number of phenols is 1. The predicted octanol–water partition coefficient (Wildman–Crippen LogP) is 2.34. The van der Waals surface area contributed by atoms with Gasteiger partial charge in [-0.2, -0.15) is 0 Å². The zero-order chi connectivity index (χ0) is 9.42. The molecule has 0 saturated carbocycles. The van der Waals surface area contributed by atoms with Crippen LogP contribution in [0.25, 0.3) is 11.0 Å². The third kappa shape index (κ3) is 1.09. The molecule has 2 aromatic rings. The molecule has 13 heavy (non-hydrogen) atoms. The fourth-order valence-electron chi connectivity index (χ4n) is 1.30. The normalized spacial score (nSPS) is 10.5. The summed E-state index contributed by atoms with van der Waals surface area (Å²) >= 11 is 0. The van der Waals surface area contributed by atoms with Crippen LogP contribution in [0.3, 0.4) is 0 Å². The van der Waals surface area contributed by atoms with Crippen molar-refractivity contribution in [3.05, 3.63) is 30.0 Å². The molecule has 3 heteroatoms. The summed E-state index contributed by atoms with van der Waals surface area (Å²) in [6.07, 6.45) is 1.48. The zero-order valence-electron chi connectivity index (χ0n) is 7.07. The molecule has 1 aromatic heterocycles. The highest BCUT2D eigenvalue weighted by atomic mass is 16.3. The molecule has 3 nitrogen and oxygen atoms in total. The average molecular weight is 176 g/mol. The highest BCUT2D eigenvalue weighted by Gasteiger charge is 2.11. The second-order valence-corrected chi connectivity index (χ2v) is 2.86. The predicted molar refractivity (Wildman–Crippen MR) is 47.9 cm³/mol. The van der Waals surface area contributed by atoms with Crippen LogP contribution < -0.4 is 0 Å². The topological polar surface area (TPSA) is 50.4 Å². The summed E-state index contributed by atoms with van der Waals surface area (Å²) < 4.78 is 5.04. The summed E-state index contributed by atoms with van der Waals surface area (Å²) in [7, 11) is 0. The minimum absolute atomic E-state index is 0.0741. The van der Waals surface area contributed by atoms with Crippen molar-refractivity contribution in [3.63, 3.8) is 0 Å².